The van der Waals surface area contributed by atoms with Crippen LogP contribution >= 0.6 is 11.6 Å². The molecule has 1 aliphatic heterocycles. The quantitative estimate of drug-likeness (QED) is 0.802. The number of benzene rings is 1. The molecule has 1 aromatic heterocycles. The summed E-state index contributed by atoms with van der Waals surface area (Å²) in [5.74, 6) is 1.50. The second kappa shape index (κ2) is 7.95. The average molecular weight is 335 g/mol. The van der Waals surface area contributed by atoms with Crippen molar-refractivity contribution in [3.8, 4) is 0 Å². The molecule has 124 valence electrons. The van der Waals surface area contributed by atoms with Gasteiger partial charge < -0.3 is 9.26 Å². The third-order valence-electron chi connectivity index (χ3n) is 4.45. The van der Waals surface area contributed by atoms with Gasteiger partial charge in [-0.1, -0.05) is 35.0 Å². The van der Waals surface area contributed by atoms with E-state index in [0.717, 1.165) is 42.5 Å². The lowest BCUT2D eigenvalue weighted by atomic mass is 9.90. The number of hydrogen-bond acceptors (Lipinski definition) is 4. The number of likely N-dealkylation sites (tertiary alicyclic amines) is 1. The molecule has 1 aliphatic rings. The van der Waals surface area contributed by atoms with Crippen LogP contribution < -0.4 is 0 Å². The predicted molar refractivity (Wildman–Crippen MR) is 90.4 cm³/mol. The van der Waals surface area contributed by atoms with Crippen LogP contribution in [-0.2, 0) is 24.3 Å². The number of ether oxygens (including phenoxy) is 1. The predicted octanol–water partition coefficient (Wildman–Crippen LogP) is 3.93. The molecule has 0 radical (unpaired) electrons. The summed E-state index contributed by atoms with van der Waals surface area (Å²) in [5, 5.41) is 5.01. The van der Waals surface area contributed by atoms with Gasteiger partial charge in [0, 0.05) is 24.7 Å². The van der Waals surface area contributed by atoms with Gasteiger partial charge in [0.25, 0.3) is 0 Å². The molecule has 3 rings (SSSR count). The second-order valence-corrected chi connectivity index (χ2v) is 6.64. The van der Waals surface area contributed by atoms with Crippen molar-refractivity contribution >= 4 is 11.6 Å². The summed E-state index contributed by atoms with van der Waals surface area (Å²) < 4.78 is 10.3. The van der Waals surface area contributed by atoms with Crippen molar-refractivity contribution in [1.29, 1.82) is 0 Å². The van der Waals surface area contributed by atoms with Crippen molar-refractivity contribution in [3.05, 3.63) is 52.4 Å². The van der Waals surface area contributed by atoms with E-state index in [1.54, 1.807) is 7.11 Å². The lowest BCUT2D eigenvalue weighted by Gasteiger charge is -2.31. The zero-order valence-corrected chi connectivity index (χ0v) is 14.3. The molecular formula is C18H23ClN2O2. The highest BCUT2D eigenvalue weighted by atomic mass is 35.5. The highest BCUT2D eigenvalue weighted by molar-refractivity contribution is 6.31. The molecule has 0 aliphatic carbocycles. The molecule has 1 aromatic carbocycles. The maximum absolute atomic E-state index is 6.27. The first-order valence-electron chi connectivity index (χ1n) is 8.13. The summed E-state index contributed by atoms with van der Waals surface area (Å²) in [4.78, 5) is 2.44. The van der Waals surface area contributed by atoms with Gasteiger partial charge in [0.2, 0.25) is 0 Å². The fourth-order valence-electron chi connectivity index (χ4n) is 3.19. The van der Waals surface area contributed by atoms with Crippen LogP contribution in [0.1, 0.15) is 29.9 Å². The lowest BCUT2D eigenvalue weighted by molar-refractivity contribution is 0.154. The maximum Gasteiger partial charge on any atom is 0.162 e. The third kappa shape index (κ3) is 4.56. The van der Waals surface area contributed by atoms with Gasteiger partial charge >= 0.3 is 0 Å². The highest BCUT2D eigenvalue weighted by Crippen LogP contribution is 2.26. The van der Waals surface area contributed by atoms with Crippen molar-refractivity contribution in [3.63, 3.8) is 0 Å². The highest BCUT2D eigenvalue weighted by Gasteiger charge is 2.21. The van der Waals surface area contributed by atoms with Crippen LogP contribution in [0.25, 0.3) is 0 Å². The lowest BCUT2D eigenvalue weighted by Crippen LogP contribution is -2.34. The molecule has 5 heteroatoms. The Morgan fingerprint density at radius 2 is 2.09 bits per heavy atom. The Morgan fingerprint density at radius 3 is 2.83 bits per heavy atom. The van der Waals surface area contributed by atoms with E-state index < -0.39 is 0 Å². The van der Waals surface area contributed by atoms with E-state index in [9.17, 15) is 0 Å². The fourth-order valence-corrected chi connectivity index (χ4v) is 3.41. The summed E-state index contributed by atoms with van der Waals surface area (Å²) in [5.41, 5.74) is 2.26. The Morgan fingerprint density at radius 1 is 1.30 bits per heavy atom. The molecule has 2 heterocycles. The number of halogens is 1. The van der Waals surface area contributed by atoms with Gasteiger partial charge in [-0.15, -0.1) is 0 Å². The zero-order valence-electron chi connectivity index (χ0n) is 13.5. The van der Waals surface area contributed by atoms with E-state index in [1.807, 2.05) is 18.2 Å². The maximum atomic E-state index is 6.27. The molecule has 23 heavy (non-hydrogen) atoms. The monoisotopic (exact) mass is 334 g/mol. The molecule has 0 unspecified atom stereocenters. The van der Waals surface area contributed by atoms with Crippen molar-refractivity contribution < 1.29 is 9.26 Å². The Bertz CT molecular complexity index is 621. The van der Waals surface area contributed by atoms with Crippen LogP contribution in [0.2, 0.25) is 5.02 Å². The van der Waals surface area contributed by atoms with Gasteiger partial charge in [0.15, 0.2) is 5.76 Å². The largest absolute Gasteiger partial charge is 0.377 e. The Kier molecular flexibility index (Phi) is 5.70. The summed E-state index contributed by atoms with van der Waals surface area (Å²) in [7, 11) is 1.66. The van der Waals surface area contributed by atoms with E-state index in [2.05, 4.69) is 22.2 Å². The van der Waals surface area contributed by atoms with Crippen LogP contribution in [0.15, 0.2) is 34.9 Å². The summed E-state index contributed by atoms with van der Waals surface area (Å²) >= 11 is 6.27. The van der Waals surface area contributed by atoms with Crippen LogP contribution in [0.4, 0.5) is 0 Å². The molecule has 1 saturated heterocycles. The summed E-state index contributed by atoms with van der Waals surface area (Å²) in [6.45, 7) is 3.53. The molecule has 0 N–H and O–H groups in total. The number of hydrogen-bond donors (Lipinski definition) is 0. The minimum atomic E-state index is 0.479. The van der Waals surface area contributed by atoms with Crippen LogP contribution in [0.3, 0.4) is 0 Å². The van der Waals surface area contributed by atoms with Crippen molar-refractivity contribution in [2.45, 2.75) is 32.4 Å². The summed E-state index contributed by atoms with van der Waals surface area (Å²) in [6, 6.07) is 10.2. The van der Waals surface area contributed by atoms with Gasteiger partial charge in [-0.25, -0.2) is 0 Å². The van der Waals surface area contributed by atoms with E-state index in [4.69, 9.17) is 20.9 Å². The smallest absolute Gasteiger partial charge is 0.162 e. The molecule has 1 fully saturated rings. The Labute approximate surface area is 142 Å². The molecule has 0 saturated carbocycles. The molecule has 0 amide bonds. The number of aromatic nitrogens is 1. The Hall–Kier alpha value is -1.36. The van der Waals surface area contributed by atoms with E-state index in [-0.39, 0.29) is 0 Å². The average Bonchev–Trinajstić information content (AvgIpc) is 2.99. The molecule has 0 bridgehead atoms. The van der Waals surface area contributed by atoms with Gasteiger partial charge in [0.05, 0.1) is 5.69 Å². The van der Waals surface area contributed by atoms with Gasteiger partial charge in [-0.2, -0.15) is 0 Å². The van der Waals surface area contributed by atoms with Crippen molar-refractivity contribution in [1.82, 2.24) is 10.1 Å². The second-order valence-electron chi connectivity index (χ2n) is 6.23. The van der Waals surface area contributed by atoms with Gasteiger partial charge in [-0.05, 0) is 49.9 Å². The van der Waals surface area contributed by atoms with E-state index >= 15 is 0 Å². The van der Waals surface area contributed by atoms with E-state index in [0.29, 0.717) is 12.5 Å². The van der Waals surface area contributed by atoms with Crippen molar-refractivity contribution in [2.24, 2.45) is 5.92 Å². The number of piperidine rings is 1. The first-order chi connectivity index (χ1) is 11.2. The number of methoxy groups -OCH3 is 1. The van der Waals surface area contributed by atoms with Gasteiger partial charge in [0.1, 0.15) is 6.61 Å². The zero-order chi connectivity index (χ0) is 16.1. The molecular weight excluding hydrogens is 312 g/mol. The van der Waals surface area contributed by atoms with Gasteiger partial charge in [-0.3, -0.25) is 4.90 Å². The van der Waals surface area contributed by atoms with E-state index in [1.165, 1.54) is 18.4 Å². The molecule has 0 spiro atoms. The topological polar surface area (TPSA) is 38.5 Å². The molecule has 4 nitrogen and oxygen atoms in total. The summed E-state index contributed by atoms with van der Waals surface area (Å²) in [6.07, 6.45) is 3.48. The van der Waals surface area contributed by atoms with Crippen molar-refractivity contribution in [2.75, 3.05) is 20.2 Å². The Balaban J connectivity index is 1.47. The SMILES string of the molecule is COCc1cc(CN2CCC(Cc3ccccc3Cl)CC2)no1. The standard InChI is InChI=1S/C18H23ClN2O2/c1-22-13-17-11-16(20-23-17)12-21-8-6-14(7-9-21)10-15-4-2-3-5-18(15)19/h2-5,11,14H,6-10,12-13H2,1H3. The van der Waals surface area contributed by atoms with Crippen LogP contribution in [-0.4, -0.2) is 30.3 Å². The fraction of sp³-hybridized carbons (Fsp3) is 0.500. The minimum Gasteiger partial charge on any atom is -0.377 e. The third-order valence-corrected chi connectivity index (χ3v) is 4.82. The first-order valence-corrected chi connectivity index (χ1v) is 8.51. The normalized spacial score (nSPS) is 16.8. The minimum absolute atomic E-state index is 0.479. The molecule has 2 aromatic rings. The van der Waals surface area contributed by atoms with Crippen LogP contribution in [0.5, 0.6) is 0 Å². The number of nitrogens with zero attached hydrogens (tertiary/aromatic N) is 2. The molecule has 0 atom stereocenters. The number of rotatable bonds is 6. The van der Waals surface area contributed by atoms with Crippen LogP contribution in [0, 0.1) is 5.92 Å². The first kappa shape index (κ1) is 16.5.